The average molecular weight is 709 g/mol. The van der Waals surface area contributed by atoms with E-state index in [0.29, 0.717) is 13.0 Å². The normalized spacial score (nSPS) is 20.2. The van der Waals surface area contributed by atoms with E-state index < -0.39 is 12.3 Å². The number of methoxy groups -OCH3 is 2. The highest BCUT2D eigenvalue weighted by atomic mass is 16.7. The van der Waals surface area contributed by atoms with Gasteiger partial charge >= 0.3 is 5.97 Å². The van der Waals surface area contributed by atoms with Crippen LogP contribution < -0.4 is 14.8 Å². The average Bonchev–Trinajstić information content (AvgIpc) is 3.17. The highest BCUT2D eigenvalue weighted by molar-refractivity contribution is 5.77. The highest BCUT2D eigenvalue weighted by Gasteiger charge is 2.39. The van der Waals surface area contributed by atoms with Crippen LogP contribution in [0.2, 0.25) is 0 Å². The van der Waals surface area contributed by atoms with Crippen molar-refractivity contribution in [2.75, 3.05) is 27.3 Å². The van der Waals surface area contributed by atoms with E-state index in [1.54, 1.807) is 14.2 Å². The zero-order chi connectivity index (χ0) is 36.6. The number of benzene rings is 4. The van der Waals surface area contributed by atoms with E-state index in [4.69, 9.17) is 24.1 Å². The Morgan fingerprint density at radius 2 is 1.58 bits per heavy atom. The summed E-state index contributed by atoms with van der Waals surface area (Å²) >= 11 is 0. The number of nitrogens with zero attached hydrogens (tertiary/aromatic N) is 1. The van der Waals surface area contributed by atoms with Gasteiger partial charge in [-0.2, -0.15) is 0 Å². The first-order valence-electron chi connectivity index (χ1n) is 17.9. The van der Waals surface area contributed by atoms with Crippen LogP contribution in [-0.2, 0) is 45.2 Å². The van der Waals surface area contributed by atoms with Gasteiger partial charge in [0.1, 0.15) is 0 Å². The predicted octanol–water partition coefficient (Wildman–Crippen LogP) is 6.58. The molecule has 1 amide bonds. The van der Waals surface area contributed by atoms with Gasteiger partial charge in [0, 0.05) is 50.5 Å². The van der Waals surface area contributed by atoms with Crippen molar-refractivity contribution in [3.05, 3.63) is 118 Å². The van der Waals surface area contributed by atoms with E-state index in [1.165, 1.54) is 11.1 Å². The van der Waals surface area contributed by atoms with Gasteiger partial charge in [-0.1, -0.05) is 79.7 Å². The molecule has 0 radical (unpaired) electrons. The molecule has 2 aliphatic heterocycles. The number of carbonyl (C=O) groups is 2. The molecule has 1 saturated heterocycles. The van der Waals surface area contributed by atoms with Crippen molar-refractivity contribution < 1.29 is 38.7 Å². The van der Waals surface area contributed by atoms with Crippen LogP contribution in [0.15, 0.2) is 84.9 Å². The van der Waals surface area contributed by atoms with Crippen molar-refractivity contribution >= 4 is 11.9 Å². The number of carbonyl (C=O) groups excluding carboxylic acids is 1. The van der Waals surface area contributed by atoms with Crippen LogP contribution in [0.5, 0.6) is 11.5 Å². The maximum Gasteiger partial charge on any atom is 0.303 e. The van der Waals surface area contributed by atoms with Crippen molar-refractivity contribution in [2.45, 2.75) is 70.8 Å². The molecule has 10 heteroatoms. The molecule has 4 aromatic carbocycles. The van der Waals surface area contributed by atoms with Crippen molar-refractivity contribution in [2.24, 2.45) is 5.92 Å². The fourth-order valence-corrected chi connectivity index (χ4v) is 7.14. The second-order valence-electron chi connectivity index (χ2n) is 13.6. The molecule has 0 spiro atoms. The Kier molecular flexibility index (Phi) is 12.2. The zero-order valence-electron chi connectivity index (χ0n) is 30.0. The number of aliphatic hydroxyl groups is 1. The Hall–Kier alpha value is -4.74. The molecule has 6 rings (SSSR count). The number of rotatable bonds is 14. The van der Waals surface area contributed by atoms with Crippen molar-refractivity contribution in [3.8, 4) is 22.6 Å². The Bertz CT molecular complexity index is 1830. The zero-order valence-corrected chi connectivity index (χ0v) is 30.0. The van der Waals surface area contributed by atoms with E-state index in [1.807, 2.05) is 60.7 Å². The topological polar surface area (TPSA) is 127 Å². The minimum absolute atomic E-state index is 0.0164. The van der Waals surface area contributed by atoms with Gasteiger partial charge in [-0.25, -0.2) is 0 Å². The number of ether oxygens (including phenoxy) is 4. The van der Waals surface area contributed by atoms with Crippen molar-refractivity contribution in [3.63, 3.8) is 0 Å². The second-order valence-corrected chi connectivity index (χ2v) is 13.6. The van der Waals surface area contributed by atoms with Gasteiger partial charge in [-0.05, 0) is 63.9 Å². The maximum atomic E-state index is 12.4. The third kappa shape index (κ3) is 8.82. The van der Waals surface area contributed by atoms with Crippen molar-refractivity contribution in [1.29, 1.82) is 0 Å². The highest BCUT2D eigenvalue weighted by Crippen LogP contribution is 2.43. The number of carboxylic acid groups (broad SMARTS) is 1. The summed E-state index contributed by atoms with van der Waals surface area (Å²) < 4.78 is 24.7. The van der Waals surface area contributed by atoms with Gasteiger partial charge in [-0.15, -0.1) is 0 Å². The first-order valence-corrected chi connectivity index (χ1v) is 17.9. The molecule has 4 atom stereocenters. The Balaban J connectivity index is 1.20. The molecule has 2 aliphatic rings. The Morgan fingerprint density at radius 1 is 0.885 bits per heavy atom. The maximum absolute atomic E-state index is 12.4. The molecule has 4 aromatic rings. The van der Waals surface area contributed by atoms with Crippen LogP contribution >= 0.6 is 0 Å². The number of aliphatic hydroxyl groups excluding tert-OH is 1. The number of aliphatic carboxylic acids is 1. The van der Waals surface area contributed by atoms with E-state index >= 15 is 0 Å². The Labute approximate surface area is 305 Å². The van der Waals surface area contributed by atoms with Crippen LogP contribution in [0.1, 0.15) is 72.0 Å². The third-order valence-corrected chi connectivity index (χ3v) is 10.1. The van der Waals surface area contributed by atoms with Gasteiger partial charge in [0.2, 0.25) is 5.91 Å². The fourth-order valence-electron chi connectivity index (χ4n) is 7.14. The molecule has 52 heavy (non-hydrogen) atoms. The lowest BCUT2D eigenvalue weighted by molar-refractivity contribution is -0.276. The summed E-state index contributed by atoms with van der Waals surface area (Å²) in [6.07, 6.45) is 0.409. The van der Waals surface area contributed by atoms with Crippen LogP contribution in [0.25, 0.3) is 11.1 Å². The molecule has 0 aliphatic carbocycles. The lowest BCUT2D eigenvalue weighted by Crippen LogP contribution is -2.45. The molecular formula is C42H48N2O8. The third-order valence-electron chi connectivity index (χ3n) is 10.1. The van der Waals surface area contributed by atoms with Crippen molar-refractivity contribution in [1.82, 2.24) is 10.2 Å². The standard InChI is InChI=1S/C42H48N2O8/c1-27-38(25-44-20-19-32-21-36(49-2)37(50-3)22-34(32)24-44)51-42(52-41(27)30-13-11-28(26-45)12-14-30)31-17-15-29(16-18-31)35-8-5-4-7-33(35)23-43-39(46)9-6-10-40(47)48/h4-5,7-8,11-18,21-22,27,38,41-42,45H,6,9-10,19-20,23-26H2,1-3H3,(H,43,46)(H,47,48)/t27-,38+,41+,42+/m1/s1. The summed E-state index contributed by atoms with van der Waals surface area (Å²) in [5.41, 5.74) is 8.26. The summed E-state index contributed by atoms with van der Waals surface area (Å²) in [5, 5.41) is 21.5. The molecule has 3 N–H and O–H groups in total. The minimum Gasteiger partial charge on any atom is -0.493 e. The van der Waals surface area contributed by atoms with Gasteiger partial charge in [-0.3, -0.25) is 14.5 Å². The molecule has 10 nitrogen and oxygen atoms in total. The predicted molar refractivity (Wildman–Crippen MR) is 197 cm³/mol. The lowest BCUT2D eigenvalue weighted by Gasteiger charge is -2.43. The number of hydrogen-bond acceptors (Lipinski definition) is 8. The number of nitrogens with one attached hydrogen (secondary N) is 1. The van der Waals surface area contributed by atoms with E-state index in [2.05, 4.69) is 41.4 Å². The monoisotopic (exact) mass is 708 g/mol. The van der Waals surface area contributed by atoms with Gasteiger partial charge in [0.15, 0.2) is 17.8 Å². The first-order chi connectivity index (χ1) is 25.3. The smallest absolute Gasteiger partial charge is 0.303 e. The van der Waals surface area contributed by atoms with E-state index in [9.17, 15) is 14.7 Å². The quantitative estimate of drug-likeness (QED) is 0.133. The lowest BCUT2D eigenvalue weighted by atomic mass is 9.89. The summed E-state index contributed by atoms with van der Waals surface area (Å²) in [6.45, 7) is 4.91. The van der Waals surface area contributed by atoms with Crippen LogP contribution in [-0.4, -0.2) is 60.4 Å². The molecule has 274 valence electrons. The van der Waals surface area contributed by atoms with Crippen LogP contribution in [0, 0.1) is 5.92 Å². The molecule has 1 fully saturated rings. The number of hydrogen-bond donors (Lipinski definition) is 3. The number of fused-ring (bicyclic) bond motifs is 1. The number of amides is 1. The molecule has 2 heterocycles. The minimum atomic E-state index is -0.904. The number of carboxylic acids is 1. The van der Waals surface area contributed by atoms with Crippen LogP contribution in [0.4, 0.5) is 0 Å². The molecule has 0 saturated carbocycles. The molecular weight excluding hydrogens is 660 g/mol. The summed E-state index contributed by atoms with van der Waals surface area (Å²) in [6, 6.07) is 28.2. The second kappa shape index (κ2) is 17.2. The first kappa shape index (κ1) is 37.0. The van der Waals surface area contributed by atoms with Gasteiger partial charge in [0.05, 0.1) is 33.0 Å². The molecule has 0 aromatic heterocycles. The van der Waals surface area contributed by atoms with Gasteiger partial charge < -0.3 is 34.5 Å². The Morgan fingerprint density at radius 3 is 2.27 bits per heavy atom. The van der Waals surface area contributed by atoms with Gasteiger partial charge in [0.25, 0.3) is 0 Å². The molecule has 0 bridgehead atoms. The SMILES string of the molecule is COc1cc2c(cc1OC)CN(C[C@@H]1O[C@H](c3ccc(-c4ccccc4CNC(=O)CCCC(=O)O)cc3)O[C@H](c3ccc(CO)cc3)[C@@H]1C)CC2. The molecule has 0 unspecified atom stereocenters. The van der Waals surface area contributed by atoms with E-state index in [-0.39, 0.29) is 43.5 Å². The van der Waals surface area contributed by atoms with E-state index in [0.717, 1.165) is 70.9 Å². The fraction of sp³-hybridized carbons (Fsp3) is 0.381. The largest absolute Gasteiger partial charge is 0.493 e. The van der Waals surface area contributed by atoms with Crippen LogP contribution in [0.3, 0.4) is 0 Å². The summed E-state index contributed by atoms with van der Waals surface area (Å²) in [4.78, 5) is 25.6. The summed E-state index contributed by atoms with van der Waals surface area (Å²) in [5.74, 6) is 0.456. The summed E-state index contributed by atoms with van der Waals surface area (Å²) in [7, 11) is 3.33.